The van der Waals surface area contributed by atoms with E-state index in [2.05, 4.69) is 0 Å². The summed E-state index contributed by atoms with van der Waals surface area (Å²) in [6, 6.07) is 15.2. The highest BCUT2D eigenvalue weighted by Crippen LogP contribution is 2.47. The van der Waals surface area contributed by atoms with Crippen molar-refractivity contribution in [1.29, 1.82) is 0 Å². The normalized spacial score (nSPS) is 23.9. The predicted molar refractivity (Wildman–Crippen MR) is 121 cm³/mol. The molecule has 158 valence electrons. The van der Waals surface area contributed by atoms with Crippen LogP contribution in [-0.4, -0.2) is 30.2 Å². The molecule has 0 fully saturated rings. The van der Waals surface area contributed by atoms with Crippen LogP contribution >= 0.6 is 11.3 Å². The maximum absolute atomic E-state index is 13.5. The Bertz CT molecular complexity index is 1370. The van der Waals surface area contributed by atoms with Crippen LogP contribution in [0.25, 0.3) is 6.08 Å². The number of benzene rings is 2. The van der Waals surface area contributed by atoms with Crippen LogP contribution in [0.2, 0.25) is 0 Å². The van der Waals surface area contributed by atoms with E-state index in [0.717, 1.165) is 16.8 Å². The van der Waals surface area contributed by atoms with Gasteiger partial charge in [0.25, 0.3) is 5.56 Å². The second-order valence-electron chi connectivity index (χ2n) is 8.39. The van der Waals surface area contributed by atoms with Crippen LogP contribution in [0, 0.1) is 5.92 Å². The lowest BCUT2D eigenvalue weighted by molar-refractivity contribution is -0.132. The third kappa shape index (κ3) is 3.03. The molecule has 0 aliphatic carbocycles. The largest absolute Gasteiger partial charge is 0.465 e. The van der Waals surface area contributed by atoms with Crippen LogP contribution in [0.4, 0.5) is 5.69 Å². The topological polar surface area (TPSA) is 63.9 Å². The van der Waals surface area contributed by atoms with Gasteiger partial charge in [-0.3, -0.25) is 14.2 Å². The maximum atomic E-state index is 13.5. The van der Waals surface area contributed by atoms with E-state index in [1.165, 1.54) is 11.3 Å². The second kappa shape index (κ2) is 6.92. The van der Waals surface area contributed by atoms with Gasteiger partial charge in [0, 0.05) is 25.3 Å². The molecule has 3 atom stereocenters. The molecule has 0 spiro atoms. The lowest BCUT2D eigenvalue weighted by atomic mass is 9.79. The molecule has 2 aliphatic heterocycles. The quantitative estimate of drug-likeness (QED) is 0.636. The van der Waals surface area contributed by atoms with E-state index in [0.29, 0.717) is 15.1 Å². The smallest absolute Gasteiger partial charge is 0.270 e. The van der Waals surface area contributed by atoms with Crippen molar-refractivity contribution in [2.24, 2.45) is 10.9 Å². The summed E-state index contributed by atoms with van der Waals surface area (Å²) in [5.74, 6) is 0.0681. The summed E-state index contributed by atoms with van der Waals surface area (Å²) in [5, 5.41) is 0. The number of carbonyl (C=O) groups is 1. The van der Waals surface area contributed by atoms with Gasteiger partial charge in [-0.2, -0.15) is 0 Å². The molecule has 0 amide bonds. The molecule has 3 heterocycles. The Balaban J connectivity index is 1.73. The average Bonchev–Trinajstić information content (AvgIpc) is 3.01. The van der Waals surface area contributed by atoms with Gasteiger partial charge in [-0.05, 0) is 43.7 Å². The molecule has 7 heteroatoms. The van der Waals surface area contributed by atoms with Crippen molar-refractivity contribution < 1.29 is 9.53 Å². The van der Waals surface area contributed by atoms with E-state index in [1.807, 2.05) is 80.5 Å². The second-order valence-corrected chi connectivity index (χ2v) is 9.40. The monoisotopic (exact) mass is 433 g/mol. The molecule has 0 saturated heterocycles. The summed E-state index contributed by atoms with van der Waals surface area (Å²) in [7, 11) is 3.98. The molecule has 0 saturated carbocycles. The molecule has 0 N–H and O–H groups in total. The van der Waals surface area contributed by atoms with Gasteiger partial charge >= 0.3 is 0 Å². The van der Waals surface area contributed by atoms with Gasteiger partial charge in [0.15, 0.2) is 4.80 Å². The lowest BCUT2D eigenvalue weighted by Crippen LogP contribution is -2.58. The molecule has 3 aromatic rings. The summed E-state index contributed by atoms with van der Waals surface area (Å²) in [6.07, 6.45) is 1.88. The molecular formula is C24H23N3O3S. The summed E-state index contributed by atoms with van der Waals surface area (Å²) in [5.41, 5.74) is 1.71. The Morgan fingerprint density at radius 3 is 2.58 bits per heavy atom. The van der Waals surface area contributed by atoms with Crippen molar-refractivity contribution in [2.75, 3.05) is 19.0 Å². The maximum Gasteiger partial charge on any atom is 0.270 e. The Morgan fingerprint density at radius 2 is 1.90 bits per heavy atom. The van der Waals surface area contributed by atoms with Crippen LogP contribution in [0.3, 0.4) is 0 Å². The molecule has 5 rings (SSSR count). The van der Waals surface area contributed by atoms with Crippen LogP contribution in [0.5, 0.6) is 5.75 Å². The Labute approximate surface area is 183 Å². The fourth-order valence-electron chi connectivity index (χ4n) is 4.58. The van der Waals surface area contributed by atoms with Gasteiger partial charge in [-0.25, -0.2) is 4.99 Å². The minimum Gasteiger partial charge on any atom is -0.465 e. The minimum absolute atomic E-state index is 0.0423. The lowest BCUT2D eigenvalue weighted by Gasteiger charge is -2.45. The van der Waals surface area contributed by atoms with Crippen molar-refractivity contribution in [3.05, 3.63) is 79.3 Å². The van der Waals surface area contributed by atoms with E-state index < -0.39 is 17.7 Å². The van der Waals surface area contributed by atoms with Crippen LogP contribution in [-0.2, 0) is 4.79 Å². The van der Waals surface area contributed by atoms with Crippen molar-refractivity contribution >= 4 is 28.9 Å². The van der Waals surface area contributed by atoms with Crippen LogP contribution < -0.4 is 24.5 Å². The fourth-order valence-corrected chi connectivity index (χ4v) is 5.68. The highest BCUT2D eigenvalue weighted by Gasteiger charge is 2.53. The van der Waals surface area contributed by atoms with Gasteiger partial charge in [-0.1, -0.05) is 41.7 Å². The number of carbonyl (C=O) groups excluding carboxylic acids is 1. The summed E-state index contributed by atoms with van der Waals surface area (Å²) in [6.45, 7) is 3.38. The van der Waals surface area contributed by atoms with E-state index in [-0.39, 0.29) is 11.3 Å². The zero-order chi connectivity index (χ0) is 21.9. The molecule has 31 heavy (non-hydrogen) atoms. The molecule has 3 unspecified atom stereocenters. The number of fused-ring (bicyclic) bond motifs is 6. The number of hydrogen-bond acceptors (Lipinski definition) is 6. The predicted octanol–water partition coefficient (Wildman–Crippen LogP) is 2.34. The molecule has 2 bridgehead atoms. The van der Waals surface area contributed by atoms with Gasteiger partial charge in [0.1, 0.15) is 17.5 Å². The van der Waals surface area contributed by atoms with E-state index in [9.17, 15) is 9.59 Å². The summed E-state index contributed by atoms with van der Waals surface area (Å²) >= 11 is 1.34. The van der Waals surface area contributed by atoms with Crippen LogP contribution in [0.1, 0.15) is 31.0 Å². The Hall–Kier alpha value is -3.19. The summed E-state index contributed by atoms with van der Waals surface area (Å²) in [4.78, 5) is 33.6. The molecule has 1 aromatic heterocycles. The van der Waals surface area contributed by atoms with Gasteiger partial charge in [-0.15, -0.1) is 0 Å². The minimum atomic E-state index is -1.03. The molecule has 2 aliphatic rings. The zero-order valence-corrected chi connectivity index (χ0v) is 18.6. The Kier molecular flexibility index (Phi) is 4.41. The number of anilines is 1. The van der Waals surface area contributed by atoms with Crippen molar-refractivity contribution in [2.45, 2.75) is 25.6 Å². The third-order valence-electron chi connectivity index (χ3n) is 6.02. The van der Waals surface area contributed by atoms with E-state index in [4.69, 9.17) is 9.73 Å². The number of thiazole rings is 1. The van der Waals surface area contributed by atoms with Gasteiger partial charge in [0.2, 0.25) is 5.72 Å². The third-order valence-corrected chi connectivity index (χ3v) is 7.01. The molecule has 6 nitrogen and oxygen atoms in total. The van der Waals surface area contributed by atoms with Crippen molar-refractivity contribution in [1.82, 2.24) is 4.57 Å². The number of Topliss-reactive ketones (excluding diaryl/α,β-unsaturated/α-hetero) is 1. The van der Waals surface area contributed by atoms with Crippen molar-refractivity contribution in [3.63, 3.8) is 0 Å². The first-order chi connectivity index (χ1) is 14.8. The molecule has 2 aromatic carbocycles. The van der Waals surface area contributed by atoms with Gasteiger partial charge < -0.3 is 9.64 Å². The first-order valence-corrected chi connectivity index (χ1v) is 11.0. The van der Waals surface area contributed by atoms with E-state index >= 15 is 0 Å². The first-order valence-electron chi connectivity index (χ1n) is 10.2. The number of para-hydroxylation sites is 1. The van der Waals surface area contributed by atoms with E-state index in [1.54, 1.807) is 11.5 Å². The zero-order valence-electron chi connectivity index (χ0n) is 17.8. The molecule has 0 radical (unpaired) electrons. The summed E-state index contributed by atoms with van der Waals surface area (Å²) < 4.78 is 8.48. The standard InChI is InChI=1S/C24H23N3O3S/c1-14(28)20-21-17-7-5-6-8-18(17)30-24(20,2)25-23-27(21)22(29)19(31-23)13-15-9-11-16(12-10-15)26(3)4/h5-13,20-21H,1-4H3. The Morgan fingerprint density at radius 1 is 1.19 bits per heavy atom. The number of ketones is 1. The first kappa shape index (κ1) is 19.8. The number of rotatable bonds is 3. The SMILES string of the molecule is CC(=O)C1C2c3ccccc3OC1(C)N=c1sc(=Cc3ccc(N(C)C)cc3)c(=O)n12. The van der Waals surface area contributed by atoms with Gasteiger partial charge in [0.05, 0.1) is 10.6 Å². The number of ether oxygens (including phenoxy) is 1. The van der Waals surface area contributed by atoms with Crippen LogP contribution in [0.15, 0.2) is 58.3 Å². The number of aromatic nitrogens is 1. The fraction of sp³-hybridized carbons (Fsp3) is 0.292. The number of nitrogens with zero attached hydrogens (tertiary/aromatic N) is 3. The highest BCUT2D eigenvalue weighted by molar-refractivity contribution is 7.07. The van der Waals surface area contributed by atoms with Crippen molar-refractivity contribution in [3.8, 4) is 5.75 Å². The molecular weight excluding hydrogens is 410 g/mol. The highest BCUT2D eigenvalue weighted by atomic mass is 32.1. The number of hydrogen-bond donors (Lipinski definition) is 0. The average molecular weight is 434 g/mol.